The van der Waals surface area contributed by atoms with Crippen molar-refractivity contribution in [2.24, 2.45) is 11.7 Å². The van der Waals surface area contributed by atoms with Crippen LogP contribution in [0.5, 0.6) is 0 Å². The number of nitrogens with two attached hydrogens (primary N) is 1. The zero-order valence-electron chi connectivity index (χ0n) is 11.8. The van der Waals surface area contributed by atoms with Crippen molar-refractivity contribution in [3.8, 4) is 11.5 Å². The number of benzene rings is 1. The number of nitrogens with one attached hydrogen (secondary N) is 1. The Balaban J connectivity index is 1.57. The zero-order chi connectivity index (χ0) is 14.7. The van der Waals surface area contributed by atoms with E-state index in [1.54, 1.807) is 6.26 Å². The summed E-state index contributed by atoms with van der Waals surface area (Å²) in [5.74, 6) is 0.676. The molecule has 5 heteroatoms. The molecule has 1 aliphatic carbocycles. The summed E-state index contributed by atoms with van der Waals surface area (Å²) in [6, 6.07) is 9.86. The number of carbonyl (C=O) groups is 1. The molecule has 1 saturated carbocycles. The monoisotopic (exact) mass is 285 g/mol. The number of carbonyl (C=O) groups excluding carboxylic acids is 1. The van der Waals surface area contributed by atoms with Crippen molar-refractivity contribution >= 4 is 5.91 Å². The topological polar surface area (TPSA) is 81.2 Å². The Labute approximate surface area is 123 Å². The Morgan fingerprint density at radius 2 is 2.14 bits per heavy atom. The summed E-state index contributed by atoms with van der Waals surface area (Å²) in [5, 5.41) is 2.91. The van der Waals surface area contributed by atoms with Crippen LogP contribution in [0.1, 0.15) is 25.0 Å². The van der Waals surface area contributed by atoms with E-state index in [0.29, 0.717) is 12.4 Å². The number of aromatic nitrogens is 1. The lowest BCUT2D eigenvalue weighted by Gasteiger charge is -2.09. The molecular weight excluding hydrogens is 266 g/mol. The maximum absolute atomic E-state index is 12.0. The van der Waals surface area contributed by atoms with Crippen LogP contribution in [0, 0.1) is 5.92 Å². The molecule has 5 nitrogen and oxygen atoms in total. The van der Waals surface area contributed by atoms with E-state index in [2.05, 4.69) is 10.3 Å². The Kier molecular flexibility index (Phi) is 4.01. The van der Waals surface area contributed by atoms with E-state index in [9.17, 15) is 4.79 Å². The first-order chi connectivity index (χ1) is 10.2. The zero-order valence-corrected chi connectivity index (χ0v) is 11.8. The molecule has 1 aliphatic rings. The molecule has 0 bridgehead atoms. The lowest BCUT2D eigenvalue weighted by molar-refractivity contribution is -0.125. The van der Waals surface area contributed by atoms with E-state index in [4.69, 9.17) is 10.2 Å². The Bertz CT molecular complexity index is 609. The average Bonchev–Trinajstić information content (AvgIpc) is 3.15. The van der Waals surface area contributed by atoms with Gasteiger partial charge in [-0.15, -0.1) is 0 Å². The van der Waals surface area contributed by atoms with Crippen LogP contribution in [0.3, 0.4) is 0 Å². The van der Waals surface area contributed by atoms with E-state index >= 15 is 0 Å². The van der Waals surface area contributed by atoms with Crippen LogP contribution in [0.2, 0.25) is 0 Å². The van der Waals surface area contributed by atoms with Crippen molar-refractivity contribution < 1.29 is 9.21 Å². The molecule has 1 amide bonds. The molecule has 3 rings (SSSR count). The van der Waals surface area contributed by atoms with Gasteiger partial charge in [0.05, 0.1) is 12.2 Å². The number of hydrogen-bond acceptors (Lipinski definition) is 4. The minimum Gasteiger partial charge on any atom is -0.444 e. The van der Waals surface area contributed by atoms with E-state index in [0.717, 1.165) is 30.5 Å². The van der Waals surface area contributed by atoms with Gasteiger partial charge in [-0.3, -0.25) is 4.79 Å². The van der Waals surface area contributed by atoms with E-state index < -0.39 is 0 Å². The normalized spacial score (nSPS) is 21.4. The highest BCUT2D eigenvalue weighted by atomic mass is 16.3. The maximum Gasteiger partial charge on any atom is 0.226 e. The van der Waals surface area contributed by atoms with E-state index in [1.807, 2.05) is 30.3 Å². The predicted octanol–water partition coefficient (Wildman–Crippen LogP) is 2.09. The number of oxazole rings is 1. The number of nitrogens with zero attached hydrogens (tertiary/aromatic N) is 1. The first-order valence-corrected chi connectivity index (χ1v) is 7.25. The van der Waals surface area contributed by atoms with Gasteiger partial charge in [0.2, 0.25) is 11.8 Å². The van der Waals surface area contributed by atoms with Gasteiger partial charge in [0.25, 0.3) is 0 Å². The molecule has 2 aromatic rings. The third-order valence-electron chi connectivity index (χ3n) is 3.86. The molecule has 2 atom stereocenters. The van der Waals surface area contributed by atoms with Crippen LogP contribution >= 0.6 is 0 Å². The fraction of sp³-hybridized carbons (Fsp3) is 0.375. The first-order valence-electron chi connectivity index (χ1n) is 7.25. The molecule has 0 radical (unpaired) electrons. The second-order valence-electron chi connectivity index (χ2n) is 5.50. The van der Waals surface area contributed by atoms with Gasteiger partial charge in [-0.05, 0) is 31.4 Å². The second-order valence-corrected chi connectivity index (χ2v) is 5.50. The molecule has 0 unspecified atom stereocenters. The highest BCUT2D eigenvalue weighted by Gasteiger charge is 2.27. The van der Waals surface area contributed by atoms with Gasteiger partial charge in [0.1, 0.15) is 6.26 Å². The molecule has 1 fully saturated rings. The molecule has 0 spiro atoms. The Morgan fingerprint density at radius 3 is 2.86 bits per heavy atom. The summed E-state index contributed by atoms with van der Waals surface area (Å²) >= 11 is 0. The SMILES string of the molecule is N[C@@H]1CC[C@H](C(=O)NCc2coc(-c3ccccc3)n2)C1. The van der Waals surface area contributed by atoms with Gasteiger partial charge in [-0.1, -0.05) is 18.2 Å². The first kappa shape index (κ1) is 13.8. The van der Waals surface area contributed by atoms with Crippen LogP contribution in [-0.4, -0.2) is 16.9 Å². The summed E-state index contributed by atoms with van der Waals surface area (Å²) in [7, 11) is 0. The smallest absolute Gasteiger partial charge is 0.226 e. The van der Waals surface area contributed by atoms with Gasteiger partial charge in [0.15, 0.2) is 0 Å². The van der Waals surface area contributed by atoms with Gasteiger partial charge < -0.3 is 15.5 Å². The standard InChI is InChI=1S/C16H19N3O2/c17-13-7-6-12(8-13)15(20)18-9-14-10-21-16(19-14)11-4-2-1-3-5-11/h1-5,10,12-13H,6-9,17H2,(H,18,20)/t12-,13+/m0/s1. The lowest BCUT2D eigenvalue weighted by Crippen LogP contribution is -2.30. The van der Waals surface area contributed by atoms with Crippen molar-refractivity contribution in [1.29, 1.82) is 0 Å². The van der Waals surface area contributed by atoms with Gasteiger partial charge in [-0.2, -0.15) is 0 Å². The molecular formula is C16H19N3O2. The number of amides is 1. The van der Waals surface area contributed by atoms with Crippen molar-refractivity contribution in [3.63, 3.8) is 0 Å². The fourth-order valence-corrected chi connectivity index (χ4v) is 2.68. The molecule has 1 aromatic heterocycles. The molecule has 1 heterocycles. The van der Waals surface area contributed by atoms with Gasteiger partial charge >= 0.3 is 0 Å². The molecule has 110 valence electrons. The third kappa shape index (κ3) is 3.31. The predicted molar refractivity (Wildman–Crippen MR) is 79.1 cm³/mol. The summed E-state index contributed by atoms with van der Waals surface area (Å²) in [6.45, 7) is 0.390. The maximum atomic E-state index is 12.0. The molecule has 1 aromatic carbocycles. The van der Waals surface area contributed by atoms with Crippen LogP contribution < -0.4 is 11.1 Å². The second kappa shape index (κ2) is 6.10. The number of hydrogen-bond donors (Lipinski definition) is 2. The quantitative estimate of drug-likeness (QED) is 0.901. The summed E-state index contributed by atoms with van der Waals surface area (Å²) in [6.07, 6.45) is 4.17. The minimum absolute atomic E-state index is 0.0421. The molecule has 3 N–H and O–H groups in total. The highest BCUT2D eigenvalue weighted by molar-refractivity contribution is 5.78. The van der Waals surface area contributed by atoms with Gasteiger partial charge in [-0.25, -0.2) is 4.98 Å². The third-order valence-corrected chi connectivity index (χ3v) is 3.86. The van der Waals surface area contributed by atoms with Crippen LogP contribution in [0.4, 0.5) is 0 Å². The van der Waals surface area contributed by atoms with Crippen molar-refractivity contribution in [2.45, 2.75) is 31.8 Å². The summed E-state index contributed by atoms with van der Waals surface area (Å²) in [5.41, 5.74) is 7.48. The van der Waals surface area contributed by atoms with Gasteiger partial charge in [0, 0.05) is 17.5 Å². The fourth-order valence-electron chi connectivity index (χ4n) is 2.68. The Morgan fingerprint density at radius 1 is 1.33 bits per heavy atom. The number of rotatable bonds is 4. The molecule has 21 heavy (non-hydrogen) atoms. The van der Waals surface area contributed by atoms with E-state index in [1.165, 1.54) is 0 Å². The van der Waals surface area contributed by atoms with Crippen molar-refractivity contribution in [3.05, 3.63) is 42.3 Å². The van der Waals surface area contributed by atoms with Crippen LogP contribution in [-0.2, 0) is 11.3 Å². The lowest BCUT2D eigenvalue weighted by atomic mass is 10.1. The van der Waals surface area contributed by atoms with E-state index in [-0.39, 0.29) is 17.9 Å². The summed E-state index contributed by atoms with van der Waals surface area (Å²) < 4.78 is 5.44. The minimum atomic E-state index is 0.0421. The molecule has 0 aliphatic heterocycles. The van der Waals surface area contributed by atoms with Crippen LogP contribution in [0.25, 0.3) is 11.5 Å². The van der Waals surface area contributed by atoms with Crippen LogP contribution in [0.15, 0.2) is 41.0 Å². The van der Waals surface area contributed by atoms with Crippen molar-refractivity contribution in [2.75, 3.05) is 0 Å². The average molecular weight is 285 g/mol. The highest BCUT2D eigenvalue weighted by Crippen LogP contribution is 2.24. The largest absolute Gasteiger partial charge is 0.444 e. The molecule has 0 saturated heterocycles. The summed E-state index contributed by atoms with van der Waals surface area (Å²) in [4.78, 5) is 16.4. The Hall–Kier alpha value is -2.14. The van der Waals surface area contributed by atoms with Crippen molar-refractivity contribution in [1.82, 2.24) is 10.3 Å².